The minimum absolute atomic E-state index is 0.150. The molecule has 1 aliphatic carbocycles. The Morgan fingerprint density at radius 3 is 2.68 bits per heavy atom. The van der Waals surface area contributed by atoms with E-state index in [1.54, 1.807) is 11.3 Å². The van der Waals surface area contributed by atoms with Gasteiger partial charge in [0.1, 0.15) is 17.6 Å². The van der Waals surface area contributed by atoms with Crippen molar-refractivity contribution in [2.75, 3.05) is 0 Å². The van der Waals surface area contributed by atoms with Crippen molar-refractivity contribution in [2.24, 2.45) is 0 Å². The summed E-state index contributed by atoms with van der Waals surface area (Å²) in [6.45, 7) is 3.02. The van der Waals surface area contributed by atoms with Crippen molar-refractivity contribution >= 4 is 11.3 Å². The SMILES string of the molecule is Cc1ncsc1CN[C@H]1CC[C@H](Oc2ccc3c(c2)CCC(c2ccccc2)O3)CC1. The maximum atomic E-state index is 6.36. The Morgan fingerprint density at radius 1 is 1.06 bits per heavy atom. The fraction of sp³-hybridized carbons (Fsp3) is 0.423. The molecular weight excluding hydrogens is 404 g/mol. The lowest BCUT2D eigenvalue weighted by Crippen LogP contribution is -2.35. The molecule has 1 N–H and O–H groups in total. The molecule has 4 nitrogen and oxygen atoms in total. The number of fused-ring (bicyclic) bond motifs is 1. The van der Waals surface area contributed by atoms with Gasteiger partial charge in [-0.2, -0.15) is 0 Å². The smallest absolute Gasteiger partial charge is 0.124 e. The van der Waals surface area contributed by atoms with Crippen LogP contribution in [0.3, 0.4) is 0 Å². The van der Waals surface area contributed by atoms with Crippen LogP contribution in [0, 0.1) is 6.92 Å². The summed E-state index contributed by atoms with van der Waals surface area (Å²) in [4.78, 5) is 5.69. The zero-order chi connectivity index (χ0) is 21.0. The summed E-state index contributed by atoms with van der Waals surface area (Å²) in [5, 5.41) is 3.71. The summed E-state index contributed by atoms with van der Waals surface area (Å²) < 4.78 is 12.6. The van der Waals surface area contributed by atoms with Gasteiger partial charge >= 0.3 is 0 Å². The number of thiazole rings is 1. The predicted octanol–water partition coefficient (Wildman–Crippen LogP) is 6.00. The highest BCUT2D eigenvalue weighted by atomic mass is 32.1. The molecule has 31 heavy (non-hydrogen) atoms. The lowest BCUT2D eigenvalue weighted by atomic mass is 9.92. The normalized spacial score (nSPS) is 23.1. The minimum Gasteiger partial charge on any atom is -0.490 e. The van der Waals surface area contributed by atoms with Crippen molar-refractivity contribution in [2.45, 2.75) is 70.2 Å². The molecule has 1 saturated carbocycles. The van der Waals surface area contributed by atoms with Crippen LogP contribution in [0.25, 0.3) is 0 Å². The zero-order valence-electron chi connectivity index (χ0n) is 18.0. The van der Waals surface area contributed by atoms with Gasteiger partial charge in [-0.05, 0) is 74.8 Å². The fourth-order valence-corrected chi connectivity index (χ4v) is 5.38. The number of benzene rings is 2. The third kappa shape index (κ3) is 4.94. The fourth-order valence-electron chi connectivity index (χ4n) is 4.65. The van der Waals surface area contributed by atoms with E-state index in [1.807, 2.05) is 5.51 Å². The standard InChI is InChI=1S/C26H30N2O2S/c1-18-26(31-17-28-18)16-27-21-8-10-22(11-9-21)29-23-12-14-25-20(15-23)7-13-24(30-25)19-5-3-2-4-6-19/h2-6,12,14-15,17,21-22,24,27H,7-11,13,16H2,1H3/t21-,22-,24?. The molecule has 5 rings (SSSR count). The molecule has 0 radical (unpaired) electrons. The molecule has 1 aliphatic heterocycles. The molecule has 1 fully saturated rings. The molecule has 3 aromatic rings. The molecule has 0 saturated heterocycles. The van der Waals surface area contributed by atoms with Gasteiger partial charge in [0, 0.05) is 17.5 Å². The quantitative estimate of drug-likeness (QED) is 0.517. The molecular formula is C26H30N2O2S. The topological polar surface area (TPSA) is 43.4 Å². The molecule has 0 spiro atoms. The Kier molecular flexibility index (Phi) is 6.23. The molecule has 1 unspecified atom stereocenters. The molecule has 5 heteroatoms. The van der Waals surface area contributed by atoms with Gasteiger partial charge in [-0.3, -0.25) is 0 Å². The first kappa shape index (κ1) is 20.5. The lowest BCUT2D eigenvalue weighted by Gasteiger charge is -2.30. The van der Waals surface area contributed by atoms with Crippen LogP contribution in [0.2, 0.25) is 0 Å². The molecule has 1 atom stereocenters. The zero-order valence-corrected chi connectivity index (χ0v) is 18.9. The summed E-state index contributed by atoms with van der Waals surface area (Å²) in [6.07, 6.45) is 7.02. The number of aryl methyl sites for hydroxylation is 2. The highest BCUT2D eigenvalue weighted by molar-refractivity contribution is 7.09. The van der Waals surface area contributed by atoms with Gasteiger partial charge in [0.05, 0.1) is 17.3 Å². The second kappa shape index (κ2) is 9.41. The van der Waals surface area contributed by atoms with Gasteiger partial charge in [0.2, 0.25) is 0 Å². The Labute approximate surface area is 188 Å². The summed E-state index contributed by atoms with van der Waals surface area (Å²) in [7, 11) is 0. The summed E-state index contributed by atoms with van der Waals surface area (Å²) in [5.74, 6) is 1.98. The van der Waals surface area contributed by atoms with Crippen molar-refractivity contribution in [1.29, 1.82) is 0 Å². The maximum absolute atomic E-state index is 6.36. The predicted molar refractivity (Wildman–Crippen MR) is 125 cm³/mol. The monoisotopic (exact) mass is 434 g/mol. The van der Waals surface area contributed by atoms with Crippen molar-refractivity contribution in [1.82, 2.24) is 10.3 Å². The number of nitrogens with one attached hydrogen (secondary N) is 1. The van der Waals surface area contributed by atoms with E-state index < -0.39 is 0 Å². The first-order valence-corrected chi connectivity index (χ1v) is 12.3. The van der Waals surface area contributed by atoms with Crippen LogP contribution in [0.4, 0.5) is 0 Å². The molecule has 2 aromatic carbocycles. The molecule has 0 amide bonds. The van der Waals surface area contributed by atoms with Gasteiger partial charge in [0.25, 0.3) is 0 Å². The van der Waals surface area contributed by atoms with Crippen LogP contribution >= 0.6 is 11.3 Å². The number of nitrogens with zero attached hydrogens (tertiary/aromatic N) is 1. The molecule has 2 heterocycles. The van der Waals surface area contributed by atoms with Crippen LogP contribution in [0.5, 0.6) is 11.5 Å². The summed E-state index contributed by atoms with van der Waals surface area (Å²) >= 11 is 1.74. The van der Waals surface area contributed by atoms with Gasteiger partial charge in [-0.1, -0.05) is 30.3 Å². The van der Waals surface area contributed by atoms with E-state index in [2.05, 4.69) is 65.8 Å². The Bertz CT molecular complexity index is 996. The van der Waals surface area contributed by atoms with Crippen LogP contribution < -0.4 is 14.8 Å². The second-order valence-corrected chi connectivity index (χ2v) is 9.60. The average molecular weight is 435 g/mol. The summed E-state index contributed by atoms with van der Waals surface area (Å²) in [6, 6.07) is 17.4. The first-order chi connectivity index (χ1) is 15.2. The number of aromatic nitrogens is 1. The average Bonchev–Trinajstić information content (AvgIpc) is 3.23. The van der Waals surface area contributed by atoms with Crippen molar-refractivity contribution in [3.05, 3.63) is 75.7 Å². The van der Waals surface area contributed by atoms with Crippen LogP contribution in [0.15, 0.2) is 54.0 Å². The van der Waals surface area contributed by atoms with Gasteiger partial charge in [0.15, 0.2) is 0 Å². The van der Waals surface area contributed by atoms with Crippen LogP contribution in [0.1, 0.15) is 59.9 Å². The van der Waals surface area contributed by atoms with E-state index in [9.17, 15) is 0 Å². The van der Waals surface area contributed by atoms with Gasteiger partial charge in [-0.25, -0.2) is 4.98 Å². The van der Waals surface area contributed by atoms with Crippen molar-refractivity contribution in [3.8, 4) is 11.5 Å². The maximum Gasteiger partial charge on any atom is 0.124 e. The van der Waals surface area contributed by atoms with Crippen molar-refractivity contribution < 1.29 is 9.47 Å². The van der Waals surface area contributed by atoms with E-state index in [1.165, 1.54) is 16.0 Å². The Balaban J connectivity index is 1.12. The third-order valence-electron chi connectivity index (χ3n) is 6.52. The van der Waals surface area contributed by atoms with Gasteiger partial charge in [-0.15, -0.1) is 11.3 Å². The van der Waals surface area contributed by atoms with Crippen LogP contribution in [-0.2, 0) is 13.0 Å². The lowest BCUT2D eigenvalue weighted by molar-refractivity contribution is 0.138. The van der Waals surface area contributed by atoms with E-state index in [0.717, 1.165) is 62.3 Å². The number of hydrogen-bond acceptors (Lipinski definition) is 5. The number of rotatable bonds is 6. The molecule has 1 aromatic heterocycles. The van der Waals surface area contributed by atoms with E-state index in [0.29, 0.717) is 12.1 Å². The van der Waals surface area contributed by atoms with E-state index in [4.69, 9.17) is 9.47 Å². The van der Waals surface area contributed by atoms with E-state index in [-0.39, 0.29) is 6.10 Å². The molecule has 162 valence electrons. The number of ether oxygens (including phenoxy) is 2. The molecule has 0 bridgehead atoms. The van der Waals surface area contributed by atoms with Crippen LogP contribution in [-0.4, -0.2) is 17.1 Å². The highest BCUT2D eigenvalue weighted by Gasteiger charge is 2.24. The number of hydrogen-bond donors (Lipinski definition) is 1. The Morgan fingerprint density at radius 2 is 1.90 bits per heavy atom. The minimum atomic E-state index is 0.150. The van der Waals surface area contributed by atoms with Gasteiger partial charge < -0.3 is 14.8 Å². The van der Waals surface area contributed by atoms with E-state index >= 15 is 0 Å². The largest absolute Gasteiger partial charge is 0.490 e. The molecule has 2 aliphatic rings. The first-order valence-electron chi connectivity index (χ1n) is 11.4. The highest BCUT2D eigenvalue weighted by Crippen LogP contribution is 2.37. The Hall–Kier alpha value is -2.37. The van der Waals surface area contributed by atoms with Crippen molar-refractivity contribution in [3.63, 3.8) is 0 Å². The summed E-state index contributed by atoms with van der Waals surface area (Å²) in [5.41, 5.74) is 5.60. The second-order valence-electron chi connectivity index (χ2n) is 8.66. The third-order valence-corrected chi connectivity index (χ3v) is 7.46.